The van der Waals surface area contributed by atoms with Crippen molar-refractivity contribution in [2.75, 3.05) is 7.05 Å². The van der Waals surface area contributed by atoms with Crippen LogP contribution in [0.1, 0.15) is 31.9 Å². The molecule has 0 aliphatic heterocycles. The highest BCUT2D eigenvalue weighted by Crippen LogP contribution is 2.22. The monoisotopic (exact) mass is 256 g/mol. The second-order valence-corrected chi connectivity index (χ2v) is 6.90. The minimum atomic E-state index is -3.61. The van der Waals surface area contributed by atoms with Crippen LogP contribution in [0, 0.1) is 0 Å². The first-order valence-corrected chi connectivity index (χ1v) is 6.94. The second-order valence-electron chi connectivity index (χ2n) is 5.25. The Morgan fingerprint density at radius 2 is 1.65 bits per heavy atom. The smallest absolute Gasteiger partial charge is 0.216 e. The van der Waals surface area contributed by atoms with Crippen LogP contribution in [0.3, 0.4) is 0 Å². The standard InChI is InChI=1S/C12H20N2O2S/c1-12(2,3)11-7-5-10(6-8-11)9-14(4)17(13,15)16/h5-8H,9H2,1-4H3,(H2,13,15,16). The fraction of sp³-hybridized carbons (Fsp3) is 0.500. The number of hydrogen-bond donors (Lipinski definition) is 1. The van der Waals surface area contributed by atoms with E-state index in [1.54, 1.807) is 0 Å². The minimum absolute atomic E-state index is 0.102. The molecule has 0 unspecified atom stereocenters. The van der Waals surface area contributed by atoms with Crippen molar-refractivity contribution < 1.29 is 8.42 Å². The first-order chi connectivity index (χ1) is 7.60. The molecule has 1 rings (SSSR count). The Morgan fingerprint density at radius 1 is 1.18 bits per heavy atom. The predicted octanol–water partition coefficient (Wildman–Crippen LogP) is 1.62. The van der Waals surface area contributed by atoms with Gasteiger partial charge in [0.25, 0.3) is 10.2 Å². The van der Waals surface area contributed by atoms with Crippen molar-refractivity contribution in [3.63, 3.8) is 0 Å². The number of benzene rings is 1. The van der Waals surface area contributed by atoms with Gasteiger partial charge in [-0.2, -0.15) is 12.7 Å². The van der Waals surface area contributed by atoms with E-state index in [4.69, 9.17) is 5.14 Å². The van der Waals surface area contributed by atoms with E-state index in [9.17, 15) is 8.42 Å². The fourth-order valence-electron chi connectivity index (χ4n) is 1.46. The van der Waals surface area contributed by atoms with E-state index in [1.807, 2.05) is 24.3 Å². The molecule has 96 valence electrons. The van der Waals surface area contributed by atoms with Gasteiger partial charge in [0.1, 0.15) is 0 Å². The topological polar surface area (TPSA) is 63.4 Å². The van der Waals surface area contributed by atoms with Crippen LogP contribution < -0.4 is 5.14 Å². The summed E-state index contributed by atoms with van der Waals surface area (Å²) in [5.41, 5.74) is 2.25. The van der Waals surface area contributed by atoms with Gasteiger partial charge in [0.05, 0.1) is 0 Å². The van der Waals surface area contributed by atoms with Gasteiger partial charge in [-0.05, 0) is 16.5 Å². The Labute approximate surface area is 104 Å². The van der Waals surface area contributed by atoms with Crippen molar-refractivity contribution in [3.8, 4) is 0 Å². The van der Waals surface area contributed by atoms with E-state index < -0.39 is 10.2 Å². The van der Waals surface area contributed by atoms with E-state index >= 15 is 0 Å². The molecule has 5 heteroatoms. The molecule has 0 aromatic heterocycles. The predicted molar refractivity (Wildman–Crippen MR) is 69.7 cm³/mol. The van der Waals surface area contributed by atoms with Crippen molar-refractivity contribution in [3.05, 3.63) is 35.4 Å². The van der Waals surface area contributed by atoms with Gasteiger partial charge < -0.3 is 0 Å². The van der Waals surface area contributed by atoms with Crippen LogP contribution in [-0.2, 0) is 22.2 Å². The summed E-state index contributed by atoms with van der Waals surface area (Å²) in [4.78, 5) is 0. The molecule has 0 saturated heterocycles. The maximum Gasteiger partial charge on any atom is 0.276 e. The fourth-order valence-corrected chi connectivity index (χ4v) is 1.79. The van der Waals surface area contributed by atoms with Gasteiger partial charge in [-0.25, -0.2) is 5.14 Å². The lowest BCUT2D eigenvalue weighted by molar-refractivity contribution is 0.467. The minimum Gasteiger partial charge on any atom is -0.216 e. The summed E-state index contributed by atoms with van der Waals surface area (Å²) >= 11 is 0. The summed E-state index contributed by atoms with van der Waals surface area (Å²) in [6.07, 6.45) is 0. The average Bonchev–Trinajstić information content (AvgIpc) is 2.15. The molecule has 0 atom stereocenters. The van der Waals surface area contributed by atoms with E-state index in [-0.39, 0.29) is 5.41 Å². The summed E-state index contributed by atoms with van der Waals surface area (Å²) in [5.74, 6) is 0. The zero-order valence-electron chi connectivity index (χ0n) is 10.8. The van der Waals surface area contributed by atoms with Crippen molar-refractivity contribution in [1.29, 1.82) is 0 Å². The first kappa shape index (κ1) is 14.2. The van der Waals surface area contributed by atoms with Crippen LogP contribution in [0.2, 0.25) is 0 Å². The zero-order valence-corrected chi connectivity index (χ0v) is 11.6. The zero-order chi connectivity index (χ0) is 13.3. The third-order valence-electron chi connectivity index (χ3n) is 2.66. The maximum absolute atomic E-state index is 11.1. The number of hydrogen-bond acceptors (Lipinski definition) is 2. The molecule has 17 heavy (non-hydrogen) atoms. The lowest BCUT2D eigenvalue weighted by atomic mass is 9.87. The summed E-state index contributed by atoms with van der Waals surface area (Å²) < 4.78 is 23.3. The van der Waals surface area contributed by atoms with Crippen LogP contribution in [-0.4, -0.2) is 19.8 Å². The molecule has 2 N–H and O–H groups in total. The molecule has 1 aromatic carbocycles. The second kappa shape index (κ2) is 4.76. The first-order valence-electron chi connectivity index (χ1n) is 5.44. The highest BCUT2D eigenvalue weighted by Gasteiger charge is 2.15. The number of nitrogens with two attached hydrogens (primary N) is 1. The Hall–Kier alpha value is -0.910. The molecular weight excluding hydrogens is 236 g/mol. The van der Waals surface area contributed by atoms with Gasteiger partial charge in [-0.1, -0.05) is 45.0 Å². The van der Waals surface area contributed by atoms with Crippen LogP contribution in [0.5, 0.6) is 0 Å². The van der Waals surface area contributed by atoms with Crippen LogP contribution >= 0.6 is 0 Å². The number of nitrogens with zero attached hydrogens (tertiary/aromatic N) is 1. The van der Waals surface area contributed by atoms with Crippen LogP contribution in [0.25, 0.3) is 0 Å². The maximum atomic E-state index is 11.1. The molecule has 1 aromatic rings. The number of rotatable bonds is 3. The molecule has 4 nitrogen and oxygen atoms in total. The van der Waals surface area contributed by atoms with E-state index in [2.05, 4.69) is 20.8 Å². The quantitative estimate of drug-likeness (QED) is 0.893. The Bertz CT molecular complexity index is 472. The van der Waals surface area contributed by atoms with Gasteiger partial charge in [0.15, 0.2) is 0 Å². The molecule has 0 radical (unpaired) electrons. The summed E-state index contributed by atoms with van der Waals surface area (Å²) in [5, 5.41) is 5.02. The van der Waals surface area contributed by atoms with Crippen molar-refractivity contribution >= 4 is 10.2 Å². The largest absolute Gasteiger partial charge is 0.276 e. The molecule has 0 heterocycles. The van der Waals surface area contributed by atoms with E-state index in [1.165, 1.54) is 12.6 Å². The molecule has 0 fully saturated rings. The molecule has 0 amide bonds. The van der Waals surface area contributed by atoms with Gasteiger partial charge in [0, 0.05) is 13.6 Å². The van der Waals surface area contributed by atoms with E-state index in [0.717, 1.165) is 9.87 Å². The van der Waals surface area contributed by atoms with Crippen LogP contribution in [0.4, 0.5) is 0 Å². The SMILES string of the molecule is CN(Cc1ccc(C(C)(C)C)cc1)S(N)(=O)=O. The Kier molecular flexibility index (Phi) is 3.96. The summed E-state index contributed by atoms with van der Waals surface area (Å²) in [6.45, 7) is 6.71. The van der Waals surface area contributed by atoms with Crippen molar-refractivity contribution in [2.45, 2.75) is 32.7 Å². The van der Waals surface area contributed by atoms with Gasteiger partial charge in [0.2, 0.25) is 0 Å². The molecule has 0 aliphatic rings. The van der Waals surface area contributed by atoms with Gasteiger partial charge >= 0.3 is 0 Å². The lowest BCUT2D eigenvalue weighted by Gasteiger charge is -2.20. The summed E-state index contributed by atoms with van der Waals surface area (Å²) in [7, 11) is -2.14. The summed E-state index contributed by atoms with van der Waals surface area (Å²) in [6, 6.07) is 7.91. The Balaban J connectivity index is 2.83. The highest BCUT2D eigenvalue weighted by atomic mass is 32.2. The average molecular weight is 256 g/mol. The molecule has 0 aliphatic carbocycles. The van der Waals surface area contributed by atoms with E-state index in [0.29, 0.717) is 6.54 Å². The third-order valence-corrected chi connectivity index (χ3v) is 3.66. The molecule has 0 spiro atoms. The molecule has 0 saturated carbocycles. The molecule has 0 bridgehead atoms. The lowest BCUT2D eigenvalue weighted by Crippen LogP contribution is -2.32. The van der Waals surface area contributed by atoms with Crippen LogP contribution in [0.15, 0.2) is 24.3 Å². The van der Waals surface area contributed by atoms with Gasteiger partial charge in [-0.15, -0.1) is 0 Å². The third kappa shape index (κ3) is 4.11. The van der Waals surface area contributed by atoms with Crippen molar-refractivity contribution in [1.82, 2.24) is 4.31 Å². The van der Waals surface area contributed by atoms with Crippen molar-refractivity contribution in [2.24, 2.45) is 5.14 Å². The van der Waals surface area contributed by atoms with Gasteiger partial charge in [-0.3, -0.25) is 0 Å². The highest BCUT2D eigenvalue weighted by molar-refractivity contribution is 7.86. The normalized spacial score (nSPS) is 13.1. The Morgan fingerprint density at radius 3 is 2.00 bits per heavy atom. The molecular formula is C12H20N2O2S.